The molecule has 0 fully saturated rings. The Morgan fingerprint density at radius 2 is 2.00 bits per heavy atom. The number of nitrogens with zero attached hydrogens (tertiary/aromatic N) is 1. The first-order valence-corrected chi connectivity index (χ1v) is 7.06. The predicted molar refractivity (Wildman–Crippen MR) is 83.8 cm³/mol. The van der Waals surface area contributed by atoms with E-state index in [4.69, 9.17) is 17.3 Å². The van der Waals surface area contributed by atoms with Gasteiger partial charge in [0.2, 0.25) is 0 Å². The Kier molecular flexibility index (Phi) is 3.86. The summed E-state index contributed by atoms with van der Waals surface area (Å²) in [4.78, 5) is 4.31. The molecule has 0 aliphatic heterocycles. The number of fused-ring (bicyclic) bond motifs is 1. The molecule has 1 unspecified atom stereocenters. The topological polar surface area (TPSA) is 38.9 Å². The first kappa shape index (κ1) is 14.0. The van der Waals surface area contributed by atoms with Crippen molar-refractivity contribution >= 4 is 22.5 Å². The molecule has 3 rings (SSSR count). The van der Waals surface area contributed by atoms with Crippen LogP contribution in [0, 0.1) is 5.82 Å². The molecule has 1 heterocycles. The number of hydrogen-bond acceptors (Lipinski definition) is 2. The Morgan fingerprint density at radius 1 is 1.14 bits per heavy atom. The average Bonchev–Trinajstić information content (AvgIpc) is 2.49. The number of aromatic nitrogens is 1. The monoisotopic (exact) mass is 300 g/mol. The lowest BCUT2D eigenvalue weighted by Gasteiger charge is -2.15. The van der Waals surface area contributed by atoms with Gasteiger partial charge in [-0.15, -0.1) is 0 Å². The second-order valence-electron chi connectivity index (χ2n) is 4.96. The summed E-state index contributed by atoms with van der Waals surface area (Å²) < 4.78 is 13.9. The van der Waals surface area contributed by atoms with E-state index in [1.165, 1.54) is 6.07 Å². The molecule has 21 heavy (non-hydrogen) atoms. The summed E-state index contributed by atoms with van der Waals surface area (Å²) >= 11 is 5.77. The maximum Gasteiger partial charge on any atom is 0.127 e. The highest BCUT2D eigenvalue weighted by Crippen LogP contribution is 2.25. The Balaban J connectivity index is 1.95. The summed E-state index contributed by atoms with van der Waals surface area (Å²) in [5.41, 5.74) is 8.69. The molecule has 2 aromatic carbocycles. The second kappa shape index (κ2) is 5.80. The van der Waals surface area contributed by atoms with Crippen molar-refractivity contribution in [1.29, 1.82) is 0 Å². The highest BCUT2D eigenvalue weighted by atomic mass is 35.5. The van der Waals surface area contributed by atoms with Crippen molar-refractivity contribution in [2.24, 2.45) is 5.73 Å². The molecule has 0 amide bonds. The van der Waals surface area contributed by atoms with Gasteiger partial charge in [0.25, 0.3) is 0 Å². The third-order valence-electron chi connectivity index (χ3n) is 3.53. The van der Waals surface area contributed by atoms with Crippen LogP contribution in [0.4, 0.5) is 4.39 Å². The van der Waals surface area contributed by atoms with Crippen molar-refractivity contribution in [2.75, 3.05) is 0 Å². The molecule has 4 heteroatoms. The van der Waals surface area contributed by atoms with Crippen LogP contribution in [0.5, 0.6) is 0 Å². The van der Waals surface area contributed by atoms with Gasteiger partial charge in [0.1, 0.15) is 5.82 Å². The summed E-state index contributed by atoms with van der Waals surface area (Å²) in [5, 5.41) is 1.39. The lowest BCUT2D eigenvalue weighted by Crippen LogP contribution is -2.14. The molecule has 1 atom stereocenters. The molecule has 106 valence electrons. The molecule has 3 aromatic rings. The average molecular weight is 301 g/mol. The van der Waals surface area contributed by atoms with Crippen molar-refractivity contribution in [1.82, 2.24) is 4.98 Å². The minimum Gasteiger partial charge on any atom is -0.324 e. The number of pyridine rings is 1. The third kappa shape index (κ3) is 2.89. The highest BCUT2D eigenvalue weighted by Gasteiger charge is 2.13. The molecule has 0 radical (unpaired) electrons. The van der Waals surface area contributed by atoms with E-state index in [1.54, 1.807) is 18.3 Å². The van der Waals surface area contributed by atoms with Gasteiger partial charge in [-0.05, 0) is 41.8 Å². The molecule has 0 saturated carbocycles. The molecule has 0 aliphatic carbocycles. The maximum atomic E-state index is 13.9. The van der Waals surface area contributed by atoms with Crippen LogP contribution in [-0.4, -0.2) is 4.98 Å². The van der Waals surface area contributed by atoms with Crippen LogP contribution < -0.4 is 5.73 Å². The number of hydrogen-bond donors (Lipinski definition) is 1. The second-order valence-corrected chi connectivity index (χ2v) is 5.40. The fourth-order valence-electron chi connectivity index (χ4n) is 2.48. The van der Waals surface area contributed by atoms with Crippen LogP contribution >= 0.6 is 11.6 Å². The highest BCUT2D eigenvalue weighted by molar-refractivity contribution is 6.30. The molecule has 1 aromatic heterocycles. The van der Waals surface area contributed by atoms with Crippen LogP contribution in [0.25, 0.3) is 10.9 Å². The molecule has 0 bridgehead atoms. The van der Waals surface area contributed by atoms with E-state index < -0.39 is 0 Å². The van der Waals surface area contributed by atoms with Crippen molar-refractivity contribution in [3.63, 3.8) is 0 Å². The zero-order valence-electron chi connectivity index (χ0n) is 11.3. The fourth-order valence-corrected chi connectivity index (χ4v) is 2.64. The Hall–Kier alpha value is -1.97. The minimum atomic E-state index is -0.323. The summed E-state index contributed by atoms with van der Waals surface area (Å²) in [5.74, 6) is -0.323. The first-order chi connectivity index (χ1) is 10.1. The van der Waals surface area contributed by atoms with Crippen LogP contribution in [0.2, 0.25) is 5.02 Å². The molecule has 0 spiro atoms. The maximum absolute atomic E-state index is 13.9. The van der Waals surface area contributed by atoms with E-state index in [2.05, 4.69) is 4.98 Å². The normalized spacial score (nSPS) is 12.5. The quantitative estimate of drug-likeness (QED) is 0.784. The molecule has 2 N–H and O–H groups in total. The van der Waals surface area contributed by atoms with Crippen LogP contribution in [-0.2, 0) is 6.42 Å². The number of benzene rings is 2. The van der Waals surface area contributed by atoms with Crippen molar-refractivity contribution in [3.8, 4) is 0 Å². The molecule has 0 saturated heterocycles. The largest absolute Gasteiger partial charge is 0.324 e. The van der Waals surface area contributed by atoms with Gasteiger partial charge in [0.15, 0.2) is 0 Å². The molecule has 2 nitrogen and oxygen atoms in total. The van der Waals surface area contributed by atoms with E-state index in [0.717, 1.165) is 16.5 Å². The third-order valence-corrected chi connectivity index (χ3v) is 3.77. The van der Waals surface area contributed by atoms with Gasteiger partial charge < -0.3 is 5.73 Å². The Morgan fingerprint density at radius 3 is 2.81 bits per heavy atom. The van der Waals surface area contributed by atoms with E-state index in [-0.39, 0.29) is 11.9 Å². The van der Waals surface area contributed by atoms with E-state index in [9.17, 15) is 4.39 Å². The summed E-state index contributed by atoms with van der Waals surface area (Å²) in [6.45, 7) is 0. The zero-order chi connectivity index (χ0) is 14.8. The van der Waals surface area contributed by atoms with E-state index >= 15 is 0 Å². The Bertz CT molecular complexity index is 783. The smallest absolute Gasteiger partial charge is 0.127 e. The zero-order valence-corrected chi connectivity index (χ0v) is 12.0. The van der Waals surface area contributed by atoms with Gasteiger partial charge in [-0.25, -0.2) is 4.39 Å². The molecular weight excluding hydrogens is 287 g/mol. The number of rotatable bonds is 3. The summed E-state index contributed by atoms with van der Waals surface area (Å²) in [6.07, 6.45) is 2.16. The van der Waals surface area contributed by atoms with Gasteiger partial charge >= 0.3 is 0 Å². The lowest BCUT2D eigenvalue weighted by molar-refractivity contribution is 0.594. The van der Waals surface area contributed by atoms with Crippen molar-refractivity contribution in [2.45, 2.75) is 12.5 Å². The van der Waals surface area contributed by atoms with Gasteiger partial charge in [0, 0.05) is 22.6 Å². The van der Waals surface area contributed by atoms with Gasteiger partial charge in [-0.2, -0.15) is 0 Å². The standard InChI is InChI=1S/C17H14ClFN2/c18-12-7-6-11(15(19)10-12)9-16(20)13-3-1-5-17-14(13)4-2-8-21-17/h1-8,10,16H,9,20H2. The van der Waals surface area contributed by atoms with E-state index in [1.807, 2.05) is 30.3 Å². The van der Waals surface area contributed by atoms with E-state index in [0.29, 0.717) is 17.0 Å². The van der Waals surface area contributed by atoms with Gasteiger partial charge in [-0.3, -0.25) is 4.98 Å². The van der Waals surface area contributed by atoms with Crippen molar-refractivity contribution in [3.05, 3.63) is 76.7 Å². The Labute approximate surface area is 127 Å². The SMILES string of the molecule is NC(Cc1ccc(Cl)cc1F)c1cccc2ncccc12. The van der Waals surface area contributed by atoms with Gasteiger partial charge in [-0.1, -0.05) is 35.9 Å². The number of halogens is 2. The van der Waals surface area contributed by atoms with Crippen LogP contribution in [0.15, 0.2) is 54.7 Å². The molecular formula is C17H14ClFN2. The lowest BCUT2D eigenvalue weighted by atomic mass is 9.96. The fraction of sp³-hybridized carbons (Fsp3) is 0.118. The number of nitrogens with two attached hydrogens (primary N) is 1. The van der Waals surface area contributed by atoms with Crippen molar-refractivity contribution < 1.29 is 4.39 Å². The van der Waals surface area contributed by atoms with Gasteiger partial charge in [0.05, 0.1) is 5.52 Å². The first-order valence-electron chi connectivity index (χ1n) is 6.68. The minimum absolute atomic E-state index is 0.298. The predicted octanol–water partition coefficient (Wildman–Crippen LogP) is 4.27. The summed E-state index contributed by atoms with van der Waals surface area (Å²) in [6, 6.07) is 14.1. The molecule has 0 aliphatic rings. The van der Waals surface area contributed by atoms with Crippen LogP contribution in [0.3, 0.4) is 0 Å². The summed E-state index contributed by atoms with van der Waals surface area (Å²) in [7, 11) is 0. The van der Waals surface area contributed by atoms with Crippen LogP contribution in [0.1, 0.15) is 17.2 Å².